The van der Waals surface area contributed by atoms with E-state index in [9.17, 15) is 8.78 Å². The highest BCUT2D eigenvalue weighted by molar-refractivity contribution is 5.57. The number of anilines is 2. The second kappa shape index (κ2) is 8.63. The van der Waals surface area contributed by atoms with E-state index in [1.807, 2.05) is 13.8 Å². The summed E-state index contributed by atoms with van der Waals surface area (Å²) in [5, 5.41) is 15.1. The normalized spacial score (nSPS) is 12.5. The standard InChI is InChI=1S/C13H22F2N4O/c1-3-5-9-12(16-6-4-2)18-8-19-13(9)17-7-10(20)11(14)15/h8,10-11,20H,3-7H2,1-2H3,(H2,16,17,18,19). The first-order valence-electron chi connectivity index (χ1n) is 6.87. The van der Waals surface area contributed by atoms with Crippen LogP contribution in [0.15, 0.2) is 6.33 Å². The molecule has 0 aliphatic carbocycles. The van der Waals surface area contributed by atoms with E-state index in [0.717, 1.165) is 37.2 Å². The van der Waals surface area contributed by atoms with Crippen LogP contribution in [-0.4, -0.2) is 40.7 Å². The third kappa shape index (κ3) is 4.88. The lowest BCUT2D eigenvalue weighted by Gasteiger charge is -2.16. The van der Waals surface area contributed by atoms with Gasteiger partial charge >= 0.3 is 0 Å². The third-order valence-electron chi connectivity index (χ3n) is 2.76. The summed E-state index contributed by atoms with van der Waals surface area (Å²) in [5.74, 6) is 1.22. The van der Waals surface area contributed by atoms with Crippen molar-refractivity contribution in [1.29, 1.82) is 0 Å². The van der Waals surface area contributed by atoms with Crippen molar-refractivity contribution in [2.45, 2.75) is 45.6 Å². The van der Waals surface area contributed by atoms with E-state index in [0.29, 0.717) is 5.82 Å². The SMILES string of the molecule is CCCNc1ncnc(NCC(O)C(F)F)c1CCC. The van der Waals surface area contributed by atoms with Crippen LogP contribution in [0.4, 0.5) is 20.4 Å². The number of aliphatic hydroxyl groups is 1. The minimum atomic E-state index is -2.77. The Balaban J connectivity index is 2.82. The summed E-state index contributed by atoms with van der Waals surface area (Å²) >= 11 is 0. The molecule has 114 valence electrons. The van der Waals surface area contributed by atoms with Crippen LogP contribution in [0.3, 0.4) is 0 Å². The van der Waals surface area contributed by atoms with Gasteiger partial charge in [-0.25, -0.2) is 18.7 Å². The third-order valence-corrected chi connectivity index (χ3v) is 2.76. The van der Waals surface area contributed by atoms with Crippen molar-refractivity contribution in [2.75, 3.05) is 23.7 Å². The summed E-state index contributed by atoms with van der Waals surface area (Å²) in [6.45, 7) is 4.62. The Kier molecular flexibility index (Phi) is 7.14. The van der Waals surface area contributed by atoms with Crippen LogP contribution in [0, 0.1) is 0 Å². The largest absolute Gasteiger partial charge is 0.385 e. The van der Waals surface area contributed by atoms with E-state index in [1.165, 1.54) is 6.33 Å². The van der Waals surface area contributed by atoms with Gasteiger partial charge in [0.2, 0.25) is 0 Å². The quantitative estimate of drug-likeness (QED) is 0.650. The molecule has 1 aromatic rings. The van der Waals surface area contributed by atoms with Crippen LogP contribution < -0.4 is 10.6 Å². The predicted molar refractivity (Wildman–Crippen MR) is 75.3 cm³/mol. The molecule has 0 amide bonds. The van der Waals surface area contributed by atoms with Crippen LogP contribution in [0.25, 0.3) is 0 Å². The van der Waals surface area contributed by atoms with Gasteiger partial charge < -0.3 is 15.7 Å². The summed E-state index contributed by atoms with van der Waals surface area (Å²) in [5.41, 5.74) is 0.866. The maximum absolute atomic E-state index is 12.3. The van der Waals surface area contributed by atoms with Crippen molar-refractivity contribution in [1.82, 2.24) is 9.97 Å². The maximum Gasteiger partial charge on any atom is 0.265 e. The fourth-order valence-electron chi connectivity index (χ4n) is 1.74. The Morgan fingerprint density at radius 2 is 1.80 bits per heavy atom. The molecule has 0 saturated heterocycles. The number of hydrogen-bond donors (Lipinski definition) is 3. The first kappa shape index (κ1) is 16.6. The summed E-state index contributed by atoms with van der Waals surface area (Å²) in [4.78, 5) is 8.26. The van der Waals surface area contributed by atoms with Crippen LogP contribution in [0.2, 0.25) is 0 Å². The van der Waals surface area contributed by atoms with Crippen molar-refractivity contribution in [3.63, 3.8) is 0 Å². The molecule has 1 aromatic heterocycles. The number of hydrogen-bond acceptors (Lipinski definition) is 5. The van der Waals surface area contributed by atoms with Gasteiger partial charge in [0.15, 0.2) is 0 Å². The molecule has 1 rings (SSSR count). The second-order valence-electron chi connectivity index (χ2n) is 4.51. The molecule has 0 aliphatic heterocycles. The number of nitrogens with one attached hydrogen (secondary N) is 2. The van der Waals surface area contributed by atoms with Gasteiger partial charge in [0, 0.05) is 18.7 Å². The van der Waals surface area contributed by atoms with Gasteiger partial charge in [0.05, 0.1) is 0 Å². The van der Waals surface area contributed by atoms with Gasteiger partial charge in [-0.15, -0.1) is 0 Å². The minimum Gasteiger partial charge on any atom is -0.385 e. The number of rotatable bonds is 9. The molecule has 1 heterocycles. The Bertz CT molecular complexity index is 404. The summed E-state index contributed by atoms with van der Waals surface area (Å²) in [7, 11) is 0. The molecular weight excluding hydrogens is 266 g/mol. The summed E-state index contributed by atoms with van der Waals surface area (Å²) in [6, 6.07) is 0. The highest BCUT2D eigenvalue weighted by Crippen LogP contribution is 2.21. The van der Waals surface area contributed by atoms with Crippen LogP contribution >= 0.6 is 0 Å². The summed E-state index contributed by atoms with van der Waals surface area (Å²) in [6.07, 6.45) is -0.500. The highest BCUT2D eigenvalue weighted by Gasteiger charge is 2.18. The minimum absolute atomic E-state index is 0.237. The molecule has 0 radical (unpaired) electrons. The second-order valence-corrected chi connectivity index (χ2v) is 4.51. The van der Waals surface area contributed by atoms with Crippen LogP contribution in [-0.2, 0) is 6.42 Å². The van der Waals surface area contributed by atoms with Gasteiger partial charge in [-0.2, -0.15) is 0 Å². The van der Waals surface area contributed by atoms with Gasteiger partial charge in [0.25, 0.3) is 6.43 Å². The Hall–Kier alpha value is -1.50. The molecule has 0 spiro atoms. The average molecular weight is 288 g/mol. The number of aliphatic hydroxyl groups excluding tert-OH is 1. The van der Waals surface area contributed by atoms with Crippen LogP contribution in [0.1, 0.15) is 32.3 Å². The van der Waals surface area contributed by atoms with E-state index in [1.54, 1.807) is 0 Å². The Morgan fingerprint density at radius 1 is 1.15 bits per heavy atom. The lowest BCUT2D eigenvalue weighted by atomic mass is 10.1. The van der Waals surface area contributed by atoms with Gasteiger partial charge in [0.1, 0.15) is 24.1 Å². The molecule has 20 heavy (non-hydrogen) atoms. The van der Waals surface area contributed by atoms with Crippen molar-refractivity contribution in [3.05, 3.63) is 11.9 Å². The first-order valence-corrected chi connectivity index (χ1v) is 6.87. The van der Waals surface area contributed by atoms with E-state index in [2.05, 4.69) is 20.6 Å². The van der Waals surface area contributed by atoms with E-state index < -0.39 is 12.5 Å². The Labute approximate surface area is 117 Å². The average Bonchev–Trinajstić information content (AvgIpc) is 2.44. The fraction of sp³-hybridized carbons (Fsp3) is 0.692. The molecule has 0 aliphatic rings. The van der Waals surface area contributed by atoms with Gasteiger partial charge in [-0.3, -0.25) is 0 Å². The maximum atomic E-state index is 12.3. The van der Waals surface area contributed by atoms with Crippen molar-refractivity contribution < 1.29 is 13.9 Å². The molecule has 0 bridgehead atoms. The zero-order chi connectivity index (χ0) is 15.0. The molecule has 0 saturated carbocycles. The summed E-state index contributed by atoms with van der Waals surface area (Å²) < 4.78 is 24.6. The highest BCUT2D eigenvalue weighted by atomic mass is 19.3. The predicted octanol–water partition coefficient (Wildman–Crippen LogP) is 2.29. The van der Waals surface area contributed by atoms with Gasteiger partial charge in [-0.05, 0) is 12.8 Å². The van der Waals surface area contributed by atoms with E-state index in [4.69, 9.17) is 5.11 Å². The molecular formula is C13H22F2N4O. The smallest absolute Gasteiger partial charge is 0.265 e. The number of alkyl halides is 2. The van der Waals surface area contributed by atoms with Gasteiger partial charge in [-0.1, -0.05) is 20.3 Å². The lowest BCUT2D eigenvalue weighted by molar-refractivity contribution is 0.00380. The zero-order valence-corrected chi connectivity index (χ0v) is 11.9. The molecule has 5 nitrogen and oxygen atoms in total. The molecule has 7 heteroatoms. The lowest BCUT2D eigenvalue weighted by Crippen LogP contribution is -2.27. The van der Waals surface area contributed by atoms with Crippen molar-refractivity contribution >= 4 is 11.6 Å². The zero-order valence-electron chi connectivity index (χ0n) is 11.9. The molecule has 0 aromatic carbocycles. The van der Waals surface area contributed by atoms with E-state index in [-0.39, 0.29) is 6.54 Å². The van der Waals surface area contributed by atoms with Crippen molar-refractivity contribution in [2.24, 2.45) is 0 Å². The topological polar surface area (TPSA) is 70.1 Å². The Morgan fingerprint density at radius 3 is 2.35 bits per heavy atom. The number of aromatic nitrogens is 2. The number of halogens is 2. The molecule has 1 unspecified atom stereocenters. The van der Waals surface area contributed by atoms with Crippen molar-refractivity contribution in [3.8, 4) is 0 Å². The fourth-order valence-corrected chi connectivity index (χ4v) is 1.74. The van der Waals surface area contributed by atoms with Crippen LogP contribution in [0.5, 0.6) is 0 Å². The number of nitrogens with zero attached hydrogens (tertiary/aromatic N) is 2. The first-order chi connectivity index (χ1) is 9.60. The molecule has 3 N–H and O–H groups in total. The molecule has 1 atom stereocenters. The van der Waals surface area contributed by atoms with E-state index >= 15 is 0 Å². The monoisotopic (exact) mass is 288 g/mol. The molecule has 0 fully saturated rings.